The van der Waals surface area contributed by atoms with Gasteiger partial charge in [-0.2, -0.15) is 0 Å². The van der Waals surface area contributed by atoms with Gasteiger partial charge >= 0.3 is 17.9 Å². The molecule has 0 aromatic carbocycles. The summed E-state index contributed by atoms with van der Waals surface area (Å²) in [5, 5.41) is 10.4. The number of fused-ring (bicyclic) bond motifs is 13. The maximum Gasteiger partial charge on any atom is 0.317 e. The van der Waals surface area contributed by atoms with Crippen molar-refractivity contribution >= 4 is 23.7 Å². The minimum Gasteiger partial charge on any atom is -0.435 e. The molecule has 7 aliphatic rings. The van der Waals surface area contributed by atoms with E-state index in [4.69, 9.17) is 9.47 Å². The number of rotatable bonds is 0. The average molecular weight is 386 g/mol. The van der Waals surface area contributed by atoms with E-state index in [0.29, 0.717) is 12.8 Å². The van der Waals surface area contributed by atoms with E-state index in [0.717, 1.165) is 25.7 Å². The third-order valence-corrected chi connectivity index (χ3v) is 10.1. The number of aliphatic hydroxyl groups excluding tert-OH is 1. The molecule has 0 radical (unpaired) electrons. The molecule has 5 aliphatic carbocycles. The number of cyclic esters (lactones) is 3. The molecule has 11 atom stereocenters. The minimum atomic E-state index is -1.08. The molecule has 2 spiro atoms. The number of carbonyl (C=O) groups is 4. The molecule has 2 heterocycles. The fourth-order valence-corrected chi connectivity index (χ4v) is 9.74. The zero-order chi connectivity index (χ0) is 19.2. The summed E-state index contributed by atoms with van der Waals surface area (Å²) in [4.78, 5) is 49.8. The lowest BCUT2D eigenvalue weighted by atomic mass is 9.48. The van der Waals surface area contributed by atoms with Crippen LogP contribution in [0.15, 0.2) is 0 Å². The van der Waals surface area contributed by atoms with Gasteiger partial charge in [0.2, 0.25) is 6.29 Å². The predicted octanol–water partition coefficient (Wildman–Crippen LogP) is 0.825. The average Bonchev–Trinajstić information content (AvgIpc) is 3.41. The highest BCUT2D eigenvalue weighted by Crippen LogP contribution is 2.81. The van der Waals surface area contributed by atoms with E-state index in [1.54, 1.807) is 0 Å². The van der Waals surface area contributed by atoms with Crippen LogP contribution in [0.5, 0.6) is 0 Å². The lowest BCUT2D eigenvalue weighted by Crippen LogP contribution is -2.52. The van der Waals surface area contributed by atoms with Crippen LogP contribution in [0.25, 0.3) is 0 Å². The molecule has 7 nitrogen and oxygen atoms in total. The van der Waals surface area contributed by atoms with Crippen LogP contribution in [0.1, 0.15) is 38.5 Å². The quantitative estimate of drug-likeness (QED) is 0.485. The molecule has 0 amide bonds. The molecule has 2 saturated heterocycles. The molecule has 10 unspecified atom stereocenters. The summed E-state index contributed by atoms with van der Waals surface area (Å²) in [5.74, 6) is -1.75. The van der Waals surface area contributed by atoms with Crippen molar-refractivity contribution in [3.63, 3.8) is 0 Å². The first kappa shape index (κ1) is 16.1. The van der Waals surface area contributed by atoms with Gasteiger partial charge in [-0.25, -0.2) is 0 Å². The predicted molar refractivity (Wildman–Crippen MR) is 88.7 cm³/mol. The monoisotopic (exact) mass is 386 g/mol. The molecule has 7 fully saturated rings. The van der Waals surface area contributed by atoms with Crippen molar-refractivity contribution in [1.29, 1.82) is 0 Å². The Morgan fingerprint density at radius 3 is 2.14 bits per heavy atom. The van der Waals surface area contributed by atoms with Gasteiger partial charge in [-0.15, -0.1) is 0 Å². The van der Waals surface area contributed by atoms with Crippen molar-refractivity contribution in [2.24, 2.45) is 58.2 Å². The summed E-state index contributed by atoms with van der Waals surface area (Å²) in [6, 6.07) is 0. The maximum atomic E-state index is 12.9. The van der Waals surface area contributed by atoms with Gasteiger partial charge in [0.1, 0.15) is 5.78 Å². The summed E-state index contributed by atoms with van der Waals surface area (Å²) in [7, 11) is 0. The SMILES string of the molecule is O=C1CC2(CC3CC2C2C(=O)OC(=O)C32)C2(C1)CC1CC2C2C1C(=O)O[C@@H]2O. The summed E-state index contributed by atoms with van der Waals surface area (Å²) in [6.07, 6.45) is 3.11. The lowest BCUT2D eigenvalue weighted by molar-refractivity contribution is -0.162. The fourth-order valence-electron chi connectivity index (χ4n) is 9.74. The van der Waals surface area contributed by atoms with Gasteiger partial charge in [-0.3, -0.25) is 19.2 Å². The minimum absolute atomic E-state index is 0.000802. The van der Waals surface area contributed by atoms with Crippen LogP contribution in [-0.4, -0.2) is 35.1 Å². The third kappa shape index (κ3) is 1.44. The first-order chi connectivity index (χ1) is 13.4. The van der Waals surface area contributed by atoms with E-state index in [1.165, 1.54) is 0 Å². The Morgan fingerprint density at radius 2 is 1.39 bits per heavy atom. The second kappa shape index (κ2) is 4.53. The number of hydrogen-bond donors (Lipinski definition) is 1. The van der Waals surface area contributed by atoms with E-state index in [-0.39, 0.29) is 70.0 Å². The van der Waals surface area contributed by atoms with Crippen LogP contribution in [0.2, 0.25) is 0 Å². The molecule has 0 aromatic heterocycles. The number of hydrogen-bond acceptors (Lipinski definition) is 7. The summed E-state index contributed by atoms with van der Waals surface area (Å²) in [6.45, 7) is 0. The Kier molecular flexibility index (Phi) is 2.60. The zero-order valence-electron chi connectivity index (χ0n) is 15.3. The number of ketones is 1. The van der Waals surface area contributed by atoms with Gasteiger partial charge < -0.3 is 14.6 Å². The smallest absolute Gasteiger partial charge is 0.317 e. The standard InChI is InChI=1S/C21H22O7/c22-9-5-20(3-7-1-10(20)14-12(7)16(23)27-18(14)25)21(6-9)4-8-2-11(21)15-13(8)17(24)28-19(15)26/h7-8,10-15,18,25H,1-6H2/t7?,8?,10?,11?,12?,13?,14?,15?,18-,20?,21?/m0/s1. The lowest BCUT2D eigenvalue weighted by Gasteiger charge is -2.54. The first-order valence-electron chi connectivity index (χ1n) is 10.5. The Morgan fingerprint density at radius 1 is 0.786 bits per heavy atom. The van der Waals surface area contributed by atoms with Crippen molar-refractivity contribution in [3.8, 4) is 0 Å². The summed E-state index contributed by atoms with van der Waals surface area (Å²) < 4.78 is 10.1. The van der Waals surface area contributed by atoms with Crippen LogP contribution in [-0.2, 0) is 28.7 Å². The Bertz CT molecular complexity index is 880. The normalized spacial score (nSPS) is 60.2. The first-order valence-corrected chi connectivity index (χ1v) is 10.5. The molecule has 28 heavy (non-hydrogen) atoms. The Labute approximate surface area is 161 Å². The number of carbonyl (C=O) groups excluding carboxylic acids is 4. The van der Waals surface area contributed by atoms with Gasteiger partial charge in [-0.05, 0) is 60.2 Å². The molecule has 7 heteroatoms. The highest BCUT2D eigenvalue weighted by atomic mass is 16.6. The molecular formula is C21H22O7. The largest absolute Gasteiger partial charge is 0.435 e. The van der Waals surface area contributed by atoms with Crippen molar-refractivity contribution in [1.82, 2.24) is 0 Å². The van der Waals surface area contributed by atoms with E-state index in [1.807, 2.05) is 0 Å². The van der Waals surface area contributed by atoms with Crippen molar-refractivity contribution < 1.29 is 33.8 Å². The van der Waals surface area contributed by atoms with E-state index >= 15 is 0 Å². The van der Waals surface area contributed by atoms with Gasteiger partial charge in [0.25, 0.3) is 0 Å². The molecule has 4 bridgehead atoms. The molecule has 7 rings (SSSR count). The van der Waals surface area contributed by atoms with Crippen molar-refractivity contribution in [3.05, 3.63) is 0 Å². The van der Waals surface area contributed by atoms with Crippen molar-refractivity contribution in [2.45, 2.75) is 44.8 Å². The Hall–Kier alpha value is -1.76. The van der Waals surface area contributed by atoms with Gasteiger partial charge in [0.15, 0.2) is 0 Å². The zero-order valence-corrected chi connectivity index (χ0v) is 15.3. The molecule has 1 N–H and O–H groups in total. The highest BCUT2D eigenvalue weighted by Gasteiger charge is 2.80. The van der Waals surface area contributed by atoms with Crippen LogP contribution in [0.4, 0.5) is 0 Å². The highest BCUT2D eigenvalue weighted by molar-refractivity contribution is 5.98. The topological polar surface area (TPSA) is 107 Å². The fraction of sp³-hybridized carbons (Fsp3) is 0.810. The van der Waals surface area contributed by atoms with Crippen LogP contribution >= 0.6 is 0 Å². The summed E-state index contributed by atoms with van der Waals surface area (Å²) >= 11 is 0. The third-order valence-electron chi connectivity index (χ3n) is 10.1. The van der Waals surface area contributed by atoms with Gasteiger partial charge in [0, 0.05) is 18.8 Å². The van der Waals surface area contributed by atoms with Gasteiger partial charge in [-0.1, -0.05) is 0 Å². The Balaban J connectivity index is 1.35. The number of ether oxygens (including phenoxy) is 2. The number of Topliss-reactive ketones (excluding diaryl/α,β-unsaturated/α-hetero) is 1. The van der Waals surface area contributed by atoms with E-state index in [2.05, 4.69) is 0 Å². The van der Waals surface area contributed by atoms with E-state index in [9.17, 15) is 24.3 Å². The molecule has 148 valence electrons. The van der Waals surface area contributed by atoms with Crippen LogP contribution in [0, 0.1) is 58.2 Å². The molecule has 2 aliphatic heterocycles. The summed E-state index contributed by atoms with van der Waals surface area (Å²) in [5.41, 5.74) is -0.573. The van der Waals surface area contributed by atoms with Gasteiger partial charge in [0.05, 0.1) is 17.8 Å². The van der Waals surface area contributed by atoms with Crippen LogP contribution < -0.4 is 0 Å². The second-order valence-electron chi connectivity index (χ2n) is 10.5. The molecule has 0 aromatic rings. The molecule has 5 saturated carbocycles. The molecular weight excluding hydrogens is 364 g/mol. The van der Waals surface area contributed by atoms with Crippen LogP contribution in [0.3, 0.4) is 0 Å². The number of aliphatic hydroxyl groups is 1. The van der Waals surface area contributed by atoms with Crippen molar-refractivity contribution in [2.75, 3.05) is 0 Å². The van der Waals surface area contributed by atoms with E-state index < -0.39 is 18.2 Å². The second-order valence-corrected chi connectivity index (χ2v) is 10.5. The number of esters is 3. The maximum absolute atomic E-state index is 12.9.